The van der Waals surface area contributed by atoms with Crippen LogP contribution in [0.3, 0.4) is 0 Å². The average molecular weight is 260 g/mol. The summed E-state index contributed by atoms with van der Waals surface area (Å²) in [6, 6.07) is 0. The van der Waals surface area contributed by atoms with E-state index in [0.29, 0.717) is 12.0 Å². The number of fused-ring (bicyclic) bond motifs is 3. The first kappa shape index (κ1) is 11.6. The van der Waals surface area contributed by atoms with Gasteiger partial charge in [-0.1, -0.05) is 6.42 Å². The number of hydrogen-bond donors (Lipinski definition) is 1. The minimum Gasteiger partial charge on any atom is -0.374 e. The van der Waals surface area contributed by atoms with Gasteiger partial charge in [-0.15, -0.1) is 0 Å². The van der Waals surface area contributed by atoms with E-state index in [4.69, 9.17) is 9.72 Å². The summed E-state index contributed by atoms with van der Waals surface area (Å²) in [6.07, 6.45) is 9.38. The lowest BCUT2D eigenvalue weighted by atomic mass is 9.88. The Kier molecular flexibility index (Phi) is 2.72. The third kappa shape index (κ3) is 1.93. The molecule has 1 aromatic heterocycles. The van der Waals surface area contributed by atoms with E-state index in [0.717, 1.165) is 55.6 Å². The lowest BCUT2D eigenvalue weighted by Crippen LogP contribution is -2.25. The normalized spacial score (nSPS) is 33.2. The zero-order valence-electron chi connectivity index (χ0n) is 11.2. The Morgan fingerprint density at radius 2 is 2.05 bits per heavy atom. The van der Waals surface area contributed by atoms with Crippen molar-refractivity contribution >= 4 is 0 Å². The summed E-state index contributed by atoms with van der Waals surface area (Å²) in [6.45, 7) is 0. The Bertz CT molecular complexity index is 552. The van der Waals surface area contributed by atoms with Gasteiger partial charge in [-0.25, -0.2) is 4.98 Å². The van der Waals surface area contributed by atoms with Crippen molar-refractivity contribution in [1.82, 2.24) is 9.97 Å². The van der Waals surface area contributed by atoms with Gasteiger partial charge in [-0.2, -0.15) is 0 Å². The minimum absolute atomic E-state index is 0.102. The smallest absolute Gasteiger partial charge is 0.254 e. The molecule has 2 bridgehead atoms. The highest BCUT2D eigenvalue weighted by Crippen LogP contribution is 2.43. The van der Waals surface area contributed by atoms with Crippen LogP contribution >= 0.6 is 0 Å². The number of aryl methyl sites for hydroxylation is 1. The molecule has 3 unspecified atom stereocenters. The van der Waals surface area contributed by atoms with Crippen LogP contribution in [-0.4, -0.2) is 22.2 Å². The van der Waals surface area contributed by atoms with Crippen LogP contribution in [0.5, 0.6) is 0 Å². The fourth-order valence-corrected chi connectivity index (χ4v) is 3.90. The van der Waals surface area contributed by atoms with Crippen LogP contribution in [0, 0.1) is 0 Å². The maximum absolute atomic E-state index is 12.3. The number of nitrogens with one attached hydrogen (secondary N) is 1. The highest BCUT2D eigenvalue weighted by atomic mass is 16.5. The maximum Gasteiger partial charge on any atom is 0.254 e. The van der Waals surface area contributed by atoms with Crippen molar-refractivity contribution in [2.24, 2.45) is 0 Å². The standard InChI is InChI=1S/C15H20N2O2/c18-15-10-4-2-1-3-5-12(10)16-14(17-15)11-8-9-6-7-13(11)19-9/h9,11,13H,1-8H2,(H,16,17,18). The largest absolute Gasteiger partial charge is 0.374 e. The molecule has 2 aliphatic heterocycles. The molecule has 0 radical (unpaired) electrons. The van der Waals surface area contributed by atoms with E-state index >= 15 is 0 Å². The molecule has 4 nitrogen and oxygen atoms in total. The van der Waals surface area contributed by atoms with E-state index < -0.39 is 0 Å². The zero-order valence-corrected chi connectivity index (χ0v) is 11.2. The van der Waals surface area contributed by atoms with Crippen molar-refractivity contribution in [3.05, 3.63) is 27.4 Å². The number of H-pyrrole nitrogens is 1. The van der Waals surface area contributed by atoms with Crippen LogP contribution in [0.2, 0.25) is 0 Å². The first-order valence-electron chi connectivity index (χ1n) is 7.58. The highest BCUT2D eigenvalue weighted by molar-refractivity contribution is 5.22. The Labute approximate surface area is 112 Å². The lowest BCUT2D eigenvalue weighted by molar-refractivity contribution is 0.0998. The van der Waals surface area contributed by atoms with Crippen LogP contribution in [0.1, 0.15) is 61.5 Å². The minimum atomic E-state index is 0.102. The van der Waals surface area contributed by atoms with Gasteiger partial charge in [-0.05, 0) is 44.9 Å². The number of rotatable bonds is 1. The number of aromatic nitrogens is 2. The summed E-state index contributed by atoms with van der Waals surface area (Å²) in [5.41, 5.74) is 2.09. The maximum atomic E-state index is 12.3. The van der Waals surface area contributed by atoms with Gasteiger partial charge in [0.2, 0.25) is 0 Å². The summed E-state index contributed by atoms with van der Waals surface area (Å²) in [5, 5.41) is 0. The molecule has 2 fully saturated rings. The molecule has 1 aliphatic carbocycles. The van der Waals surface area contributed by atoms with Crippen molar-refractivity contribution in [3.8, 4) is 0 Å². The first-order chi connectivity index (χ1) is 9.31. The molecule has 0 amide bonds. The summed E-state index contributed by atoms with van der Waals surface area (Å²) in [5.74, 6) is 1.21. The Morgan fingerprint density at radius 1 is 1.16 bits per heavy atom. The van der Waals surface area contributed by atoms with Crippen molar-refractivity contribution in [1.29, 1.82) is 0 Å². The molecular formula is C15H20N2O2. The van der Waals surface area contributed by atoms with Gasteiger partial charge in [-0.3, -0.25) is 4.79 Å². The van der Waals surface area contributed by atoms with Crippen LogP contribution in [0.4, 0.5) is 0 Å². The van der Waals surface area contributed by atoms with Gasteiger partial charge in [0.1, 0.15) is 5.82 Å². The number of nitrogens with zero attached hydrogens (tertiary/aromatic N) is 1. The van der Waals surface area contributed by atoms with Gasteiger partial charge in [0.05, 0.1) is 17.9 Å². The summed E-state index contributed by atoms with van der Waals surface area (Å²) < 4.78 is 5.89. The van der Waals surface area contributed by atoms with Crippen LogP contribution in [0.25, 0.3) is 0 Å². The van der Waals surface area contributed by atoms with Gasteiger partial charge < -0.3 is 9.72 Å². The molecule has 2 saturated heterocycles. The predicted octanol–water partition coefficient (Wildman–Crippen LogP) is 2.07. The average Bonchev–Trinajstić information content (AvgIpc) is 2.95. The molecular weight excluding hydrogens is 240 g/mol. The van der Waals surface area contributed by atoms with Gasteiger partial charge in [0.25, 0.3) is 5.56 Å². The molecule has 3 aliphatic rings. The van der Waals surface area contributed by atoms with Crippen molar-refractivity contribution in [3.63, 3.8) is 0 Å². The molecule has 0 aromatic carbocycles. The van der Waals surface area contributed by atoms with Crippen molar-refractivity contribution in [2.45, 2.75) is 69.5 Å². The SMILES string of the molecule is O=c1[nH]c(C2CC3CCC2O3)nc2c1CCCCC2. The first-order valence-corrected chi connectivity index (χ1v) is 7.58. The fraction of sp³-hybridized carbons (Fsp3) is 0.733. The third-order valence-corrected chi connectivity index (χ3v) is 4.92. The topological polar surface area (TPSA) is 55.0 Å². The quantitative estimate of drug-likeness (QED) is 0.786. The Hall–Kier alpha value is -1.16. The number of aromatic amines is 1. The van der Waals surface area contributed by atoms with Crippen molar-refractivity contribution in [2.75, 3.05) is 0 Å². The molecule has 3 atom stereocenters. The summed E-state index contributed by atoms with van der Waals surface area (Å²) >= 11 is 0. The third-order valence-electron chi connectivity index (χ3n) is 4.92. The molecule has 4 rings (SSSR count). The summed E-state index contributed by atoms with van der Waals surface area (Å²) in [4.78, 5) is 20.1. The number of hydrogen-bond acceptors (Lipinski definition) is 3. The predicted molar refractivity (Wildman–Crippen MR) is 71.4 cm³/mol. The fourth-order valence-electron chi connectivity index (χ4n) is 3.90. The van der Waals surface area contributed by atoms with Crippen LogP contribution in [0.15, 0.2) is 4.79 Å². The van der Waals surface area contributed by atoms with Gasteiger partial charge in [0.15, 0.2) is 0 Å². The lowest BCUT2D eigenvalue weighted by Gasteiger charge is -2.18. The van der Waals surface area contributed by atoms with Gasteiger partial charge >= 0.3 is 0 Å². The molecule has 3 heterocycles. The van der Waals surface area contributed by atoms with Gasteiger partial charge in [0, 0.05) is 11.5 Å². The molecule has 102 valence electrons. The molecule has 0 saturated carbocycles. The second kappa shape index (κ2) is 4.44. The zero-order chi connectivity index (χ0) is 12.8. The molecule has 1 N–H and O–H groups in total. The van der Waals surface area contributed by atoms with E-state index in [1.54, 1.807) is 0 Å². The Balaban J connectivity index is 1.72. The summed E-state index contributed by atoms with van der Waals surface area (Å²) in [7, 11) is 0. The second-order valence-corrected chi connectivity index (χ2v) is 6.15. The van der Waals surface area contributed by atoms with E-state index in [9.17, 15) is 4.79 Å². The number of ether oxygens (including phenoxy) is 1. The van der Waals surface area contributed by atoms with Crippen LogP contribution in [-0.2, 0) is 17.6 Å². The molecule has 1 aromatic rings. The van der Waals surface area contributed by atoms with Crippen LogP contribution < -0.4 is 5.56 Å². The van der Waals surface area contributed by atoms with Crippen molar-refractivity contribution < 1.29 is 4.74 Å². The monoisotopic (exact) mass is 260 g/mol. The highest BCUT2D eigenvalue weighted by Gasteiger charge is 2.42. The van der Waals surface area contributed by atoms with E-state index in [2.05, 4.69) is 4.98 Å². The molecule has 0 spiro atoms. The molecule has 19 heavy (non-hydrogen) atoms. The van der Waals surface area contributed by atoms with E-state index in [1.165, 1.54) is 12.8 Å². The van der Waals surface area contributed by atoms with E-state index in [1.807, 2.05) is 0 Å². The van der Waals surface area contributed by atoms with E-state index in [-0.39, 0.29) is 11.7 Å². The molecule has 4 heteroatoms. The second-order valence-electron chi connectivity index (χ2n) is 6.15. The Morgan fingerprint density at radius 3 is 2.84 bits per heavy atom.